The number of hydrogen-bond acceptors (Lipinski definition) is 0. The Hall–Kier alpha value is 1.59. The molecule has 0 heterocycles. The van der Waals surface area contributed by atoms with E-state index in [9.17, 15) is 12.6 Å². The molecule has 7 heavy (non-hydrogen) atoms. The largest absolute Gasteiger partial charge is 0 e. The molecule has 50 valence electrons. The van der Waals surface area contributed by atoms with Gasteiger partial charge in [0.2, 0.25) is 0 Å². The van der Waals surface area contributed by atoms with Crippen LogP contribution in [0.2, 0.25) is 0 Å². The van der Waals surface area contributed by atoms with Gasteiger partial charge in [-0.25, -0.2) is 0 Å². The van der Waals surface area contributed by atoms with Crippen molar-refractivity contribution in [1.82, 2.24) is 0 Å². The van der Waals surface area contributed by atoms with Gasteiger partial charge in [-0.05, 0) is 0 Å². The molecule has 0 N–H and O–H groups in total. The average molecular weight is 414 g/mol. The minimum absolute atomic E-state index is 0. The third-order valence-electron chi connectivity index (χ3n) is 0. The van der Waals surface area contributed by atoms with Crippen molar-refractivity contribution >= 4 is 0 Å². The van der Waals surface area contributed by atoms with Gasteiger partial charge in [-0.1, -0.05) is 0 Å². The normalized spacial score (nSPS) is 10.9. The zero-order chi connectivity index (χ0) is 4.50. The van der Waals surface area contributed by atoms with Crippen LogP contribution in [0, 0.1) is 0 Å². The molecule has 0 aromatic carbocycles. The maximum absolute atomic E-state index is 9.88. The molecule has 0 bridgehead atoms. The van der Waals surface area contributed by atoms with E-state index in [1.807, 2.05) is 0 Å². The van der Waals surface area contributed by atoms with Crippen molar-refractivity contribution in [2.24, 2.45) is 0 Å². The summed E-state index contributed by atoms with van der Waals surface area (Å²) < 4.78 is 39.5. The SMILES string of the molecule is [F][Mo]([F])([F])[F].[Ni].[W]. The van der Waals surface area contributed by atoms with Gasteiger partial charge in [-0.15, -0.1) is 0 Å². The monoisotopic (exact) mass is 416 g/mol. The van der Waals surface area contributed by atoms with Crippen LogP contribution >= 0.6 is 0 Å². The van der Waals surface area contributed by atoms with E-state index in [1.54, 1.807) is 0 Å². The first-order chi connectivity index (χ1) is 2.00. The van der Waals surface area contributed by atoms with Gasteiger partial charge in [0.1, 0.15) is 0 Å². The molecule has 0 aromatic rings. The van der Waals surface area contributed by atoms with Crippen LogP contribution in [-0.2, 0) is 55.7 Å². The first-order valence-corrected chi connectivity index (χ1v) is 3.65. The average Bonchev–Trinajstić information content (AvgIpc) is 0.722. The fourth-order valence-electron chi connectivity index (χ4n) is 0. The number of rotatable bonds is 0. The van der Waals surface area contributed by atoms with Crippen LogP contribution in [0.25, 0.3) is 0 Å². The maximum atomic E-state index is 9.88. The molecule has 0 aliphatic heterocycles. The van der Waals surface area contributed by atoms with Crippen LogP contribution in [0.4, 0.5) is 12.6 Å². The Bertz CT molecular complexity index is 27.2. The number of hydrogen-bond donors (Lipinski definition) is 0. The molecule has 0 aliphatic rings. The van der Waals surface area contributed by atoms with Crippen LogP contribution in [0.15, 0.2) is 0 Å². The molecule has 0 radical (unpaired) electrons. The maximum Gasteiger partial charge on any atom is 0 e. The summed E-state index contributed by atoms with van der Waals surface area (Å²) in [5.41, 5.74) is 0. The first kappa shape index (κ1) is 15.8. The van der Waals surface area contributed by atoms with Crippen LogP contribution in [0.5, 0.6) is 0 Å². The summed E-state index contributed by atoms with van der Waals surface area (Å²) in [7, 11) is 0. The van der Waals surface area contributed by atoms with Crippen LogP contribution in [-0.4, -0.2) is 0 Å². The first-order valence-electron chi connectivity index (χ1n) is 0.617. The Kier molecular flexibility index (Phi) is 12.9. The molecular weight excluding hydrogens is 414 g/mol. The summed E-state index contributed by atoms with van der Waals surface area (Å²) in [6, 6.07) is 0. The van der Waals surface area contributed by atoms with Crippen molar-refractivity contribution in [3.8, 4) is 0 Å². The summed E-state index contributed by atoms with van der Waals surface area (Å²) in [6.45, 7) is 0. The van der Waals surface area contributed by atoms with Gasteiger partial charge in [0, 0.05) is 37.6 Å². The summed E-state index contributed by atoms with van der Waals surface area (Å²) in [4.78, 5) is 0. The minimum Gasteiger partial charge on any atom is 0 e. The smallest absolute Gasteiger partial charge is 0 e. The van der Waals surface area contributed by atoms with Gasteiger partial charge in [-0.2, -0.15) is 0 Å². The van der Waals surface area contributed by atoms with E-state index < -0.39 is 18.2 Å². The second-order valence-electron chi connectivity index (χ2n) is 0.350. The van der Waals surface area contributed by atoms with E-state index in [1.165, 1.54) is 0 Å². The van der Waals surface area contributed by atoms with Crippen molar-refractivity contribution in [3.63, 3.8) is 0 Å². The predicted molar refractivity (Wildman–Crippen MR) is 4.43 cm³/mol. The minimum atomic E-state index is -7.02. The van der Waals surface area contributed by atoms with E-state index in [2.05, 4.69) is 0 Å². The van der Waals surface area contributed by atoms with Gasteiger partial charge in [0.05, 0.1) is 0 Å². The zero-order valence-electron chi connectivity index (χ0n) is 2.64. The summed E-state index contributed by atoms with van der Waals surface area (Å²) in [6.07, 6.45) is 0. The second kappa shape index (κ2) is 5.72. The van der Waals surface area contributed by atoms with Gasteiger partial charge in [-0.3, -0.25) is 0 Å². The molecule has 0 spiro atoms. The van der Waals surface area contributed by atoms with Crippen LogP contribution in [0.3, 0.4) is 0 Å². The molecule has 0 aromatic heterocycles. The zero-order valence-corrected chi connectivity index (χ0v) is 8.57. The second-order valence-corrected chi connectivity index (χ2v) is 2.07. The quantitative estimate of drug-likeness (QED) is 0.418. The summed E-state index contributed by atoms with van der Waals surface area (Å²) in [5, 5.41) is 0. The Morgan fingerprint density at radius 3 is 0.857 bits per heavy atom. The number of halogens is 4. The van der Waals surface area contributed by atoms with E-state index in [-0.39, 0.29) is 37.6 Å². The van der Waals surface area contributed by atoms with E-state index >= 15 is 0 Å². The summed E-state index contributed by atoms with van der Waals surface area (Å²) in [5.74, 6) is 0. The Balaban J connectivity index is -0.0000000800. The van der Waals surface area contributed by atoms with Crippen molar-refractivity contribution in [1.29, 1.82) is 0 Å². The molecule has 0 fully saturated rings. The molecule has 0 atom stereocenters. The Labute approximate surface area is 68.0 Å². The van der Waals surface area contributed by atoms with Crippen LogP contribution in [0.1, 0.15) is 0 Å². The Morgan fingerprint density at radius 1 is 0.857 bits per heavy atom. The predicted octanol–water partition coefficient (Wildman–Crippen LogP) is 1.67. The molecule has 0 unspecified atom stereocenters. The van der Waals surface area contributed by atoms with E-state index in [4.69, 9.17) is 0 Å². The molecule has 0 saturated heterocycles. The molecule has 0 rings (SSSR count). The van der Waals surface area contributed by atoms with E-state index in [0.29, 0.717) is 0 Å². The molecule has 0 aliphatic carbocycles. The van der Waals surface area contributed by atoms with Crippen LogP contribution < -0.4 is 0 Å². The molecule has 7 heteroatoms. The molecule has 0 amide bonds. The third kappa shape index (κ3) is 93.8. The fourth-order valence-corrected chi connectivity index (χ4v) is 0. The van der Waals surface area contributed by atoms with Crippen molar-refractivity contribution in [3.05, 3.63) is 0 Å². The van der Waals surface area contributed by atoms with Crippen molar-refractivity contribution in [2.45, 2.75) is 0 Å². The molecular formula is F4MoNiW. The van der Waals surface area contributed by atoms with Crippen molar-refractivity contribution in [2.75, 3.05) is 0 Å². The Morgan fingerprint density at radius 2 is 0.857 bits per heavy atom. The van der Waals surface area contributed by atoms with Gasteiger partial charge < -0.3 is 0 Å². The van der Waals surface area contributed by atoms with Gasteiger partial charge >= 0.3 is 30.8 Å². The summed E-state index contributed by atoms with van der Waals surface area (Å²) >= 11 is -7.02. The van der Waals surface area contributed by atoms with E-state index in [0.717, 1.165) is 0 Å². The molecule has 0 saturated carbocycles. The molecule has 0 nitrogen and oxygen atoms in total. The van der Waals surface area contributed by atoms with Crippen molar-refractivity contribution < 1.29 is 68.3 Å². The standard InChI is InChI=1S/4FH.Mo.Ni.W/h4*1H;;;/q;;;;+4;;/p-4. The van der Waals surface area contributed by atoms with Gasteiger partial charge in [0.15, 0.2) is 0 Å². The van der Waals surface area contributed by atoms with Gasteiger partial charge in [0.25, 0.3) is 0 Å². The fraction of sp³-hybridized carbons (Fsp3) is 0. The third-order valence-corrected chi connectivity index (χ3v) is 0. The topological polar surface area (TPSA) is 0 Å².